The van der Waals surface area contributed by atoms with Crippen LogP contribution < -0.4 is 10.6 Å². The topological polar surface area (TPSA) is 68.2 Å². The number of aromatic nitrogens is 2. The summed E-state index contributed by atoms with van der Waals surface area (Å²) < 4.78 is 7.28. The van der Waals surface area contributed by atoms with Crippen LogP contribution in [0.1, 0.15) is 71.7 Å². The molecule has 0 spiro atoms. The van der Waals surface area contributed by atoms with Gasteiger partial charge in [0.05, 0.1) is 24.4 Å². The van der Waals surface area contributed by atoms with Crippen molar-refractivity contribution in [1.82, 2.24) is 15.1 Å². The van der Waals surface area contributed by atoms with Crippen LogP contribution in [0.5, 0.6) is 0 Å². The average Bonchev–Trinajstić information content (AvgIpc) is 3.21. The lowest BCUT2D eigenvalue weighted by molar-refractivity contribution is 0.0526. The van der Waals surface area contributed by atoms with Gasteiger partial charge in [-0.25, -0.2) is 4.79 Å². The molecule has 1 unspecified atom stereocenters. The number of hydrogen-bond donors (Lipinski definition) is 2. The van der Waals surface area contributed by atoms with Crippen molar-refractivity contribution < 1.29 is 9.53 Å². The van der Waals surface area contributed by atoms with Gasteiger partial charge in [-0.05, 0) is 71.2 Å². The lowest BCUT2D eigenvalue weighted by atomic mass is 9.95. The summed E-state index contributed by atoms with van der Waals surface area (Å²) in [6.45, 7) is 9.23. The standard InChI is InChI=1S/C20H28N4O2S2/c1-5-24-13(4)15(11-21-24)12(3)22-20(27)23-18-17(19(25)26-6-2)14-9-7-8-10-16(14)28-18/h11-12H,5-10H2,1-4H3,(H2,22,23,27). The maximum Gasteiger partial charge on any atom is 0.341 e. The normalized spacial score (nSPS) is 14.3. The molecule has 152 valence electrons. The molecule has 0 saturated carbocycles. The van der Waals surface area contributed by atoms with Crippen LogP contribution in [0, 0.1) is 6.92 Å². The number of thiophene rings is 1. The number of anilines is 1. The number of fused-ring (bicyclic) bond motifs is 1. The van der Waals surface area contributed by atoms with E-state index in [2.05, 4.69) is 36.5 Å². The molecule has 6 nitrogen and oxygen atoms in total. The summed E-state index contributed by atoms with van der Waals surface area (Å²) in [5, 5.41) is 12.3. The van der Waals surface area contributed by atoms with Crippen LogP contribution >= 0.6 is 23.6 Å². The molecule has 2 aromatic heterocycles. The predicted octanol–water partition coefficient (Wildman–Crippen LogP) is 4.38. The fourth-order valence-corrected chi connectivity index (χ4v) is 5.32. The van der Waals surface area contributed by atoms with Gasteiger partial charge >= 0.3 is 5.97 Å². The van der Waals surface area contributed by atoms with E-state index in [0.717, 1.165) is 54.0 Å². The number of carbonyl (C=O) groups excluding carboxylic acids is 1. The van der Waals surface area contributed by atoms with Crippen molar-refractivity contribution in [3.63, 3.8) is 0 Å². The third kappa shape index (κ3) is 4.22. The van der Waals surface area contributed by atoms with Crippen LogP contribution in [0.25, 0.3) is 0 Å². The average molecular weight is 421 g/mol. The molecule has 0 bridgehead atoms. The lowest BCUT2D eigenvalue weighted by Gasteiger charge is -2.17. The maximum atomic E-state index is 12.6. The van der Waals surface area contributed by atoms with E-state index in [1.807, 2.05) is 17.8 Å². The lowest BCUT2D eigenvalue weighted by Crippen LogP contribution is -2.31. The van der Waals surface area contributed by atoms with Crippen LogP contribution in [0.15, 0.2) is 6.20 Å². The molecule has 2 aromatic rings. The molecule has 2 N–H and O–H groups in total. The van der Waals surface area contributed by atoms with Gasteiger partial charge in [0.1, 0.15) is 5.00 Å². The number of thiocarbonyl (C=S) groups is 1. The molecule has 1 atom stereocenters. The summed E-state index contributed by atoms with van der Waals surface area (Å²) in [6, 6.07) is 0.0148. The highest BCUT2D eigenvalue weighted by Gasteiger charge is 2.27. The number of nitrogens with zero attached hydrogens (tertiary/aromatic N) is 2. The fourth-order valence-electron chi connectivity index (χ4n) is 3.69. The highest BCUT2D eigenvalue weighted by atomic mass is 32.1. The second kappa shape index (κ2) is 9.05. The molecule has 1 aliphatic rings. The van der Waals surface area contributed by atoms with E-state index in [4.69, 9.17) is 17.0 Å². The Hall–Kier alpha value is -1.93. The Morgan fingerprint density at radius 3 is 2.82 bits per heavy atom. The van der Waals surface area contributed by atoms with Crippen LogP contribution in [-0.4, -0.2) is 27.5 Å². The Balaban J connectivity index is 1.77. The highest BCUT2D eigenvalue weighted by molar-refractivity contribution is 7.80. The minimum absolute atomic E-state index is 0.0148. The molecule has 0 aromatic carbocycles. The number of rotatable bonds is 6. The van der Waals surface area contributed by atoms with Crippen molar-refractivity contribution in [3.05, 3.63) is 33.5 Å². The molecule has 0 fully saturated rings. The van der Waals surface area contributed by atoms with E-state index in [-0.39, 0.29) is 12.0 Å². The minimum Gasteiger partial charge on any atom is -0.462 e. The van der Waals surface area contributed by atoms with Crippen molar-refractivity contribution in [2.75, 3.05) is 11.9 Å². The summed E-state index contributed by atoms with van der Waals surface area (Å²) in [4.78, 5) is 13.8. The monoisotopic (exact) mass is 420 g/mol. The molecule has 2 heterocycles. The van der Waals surface area contributed by atoms with Gasteiger partial charge in [0.2, 0.25) is 0 Å². The molecule has 0 amide bonds. The van der Waals surface area contributed by atoms with Crippen LogP contribution in [0.3, 0.4) is 0 Å². The SMILES string of the molecule is CCOC(=O)c1c(NC(=S)NC(C)c2cnn(CC)c2C)sc2c1CCCC2. The molecule has 0 aliphatic heterocycles. The largest absolute Gasteiger partial charge is 0.462 e. The van der Waals surface area contributed by atoms with Crippen LogP contribution in [-0.2, 0) is 24.1 Å². The Morgan fingerprint density at radius 2 is 2.14 bits per heavy atom. The third-order valence-electron chi connectivity index (χ3n) is 5.13. The van der Waals surface area contributed by atoms with Crippen molar-refractivity contribution in [3.8, 4) is 0 Å². The summed E-state index contributed by atoms with van der Waals surface area (Å²) >= 11 is 7.17. The van der Waals surface area contributed by atoms with Crippen molar-refractivity contribution in [2.45, 2.75) is 66.0 Å². The molecule has 0 radical (unpaired) electrons. The van der Waals surface area contributed by atoms with Gasteiger partial charge in [0.25, 0.3) is 0 Å². The fraction of sp³-hybridized carbons (Fsp3) is 0.550. The van der Waals surface area contributed by atoms with Gasteiger partial charge in [0, 0.05) is 22.7 Å². The van der Waals surface area contributed by atoms with Crippen molar-refractivity contribution in [1.29, 1.82) is 0 Å². The van der Waals surface area contributed by atoms with Crippen LogP contribution in [0.2, 0.25) is 0 Å². The number of hydrogen-bond acceptors (Lipinski definition) is 5. The molecule has 3 rings (SSSR count). The molecule has 28 heavy (non-hydrogen) atoms. The molecule has 1 aliphatic carbocycles. The predicted molar refractivity (Wildman–Crippen MR) is 117 cm³/mol. The number of carbonyl (C=O) groups is 1. The first-order chi connectivity index (χ1) is 13.5. The van der Waals surface area contributed by atoms with E-state index in [1.165, 1.54) is 4.88 Å². The molecule has 0 saturated heterocycles. The summed E-state index contributed by atoms with van der Waals surface area (Å²) in [5.41, 5.74) is 4.03. The highest BCUT2D eigenvalue weighted by Crippen LogP contribution is 2.38. The van der Waals surface area contributed by atoms with Gasteiger partial charge in [-0.2, -0.15) is 5.10 Å². The van der Waals surface area contributed by atoms with Crippen LogP contribution in [0.4, 0.5) is 5.00 Å². The van der Waals surface area contributed by atoms with E-state index in [0.29, 0.717) is 17.3 Å². The number of aryl methyl sites for hydroxylation is 2. The second-order valence-corrected chi connectivity index (χ2v) is 8.47. The Bertz CT molecular complexity index is 872. The molecule has 8 heteroatoms. The van der Waals surface area contributed by atoms with Gasteiger partial charge < -0.3 is 15.4 Å². The minimum atomic E-state index is -0.264. The molecular weight excluding hydrogens is 392 g/mol. The first kappa shape index (κ1) is 20.8. The van der Waals surface area contributed by atoms with E-state index in [1.54, 1.807) is 11.3 Å². The quantitative estimate of drug-likeness (QED) is 0.534. The molecular formula is C20H28N4O2S2. The smallest absolute Gasteiger partial charge is 0.341 e. The van der Waals surface area contributed by atoms with Gasteiger partial charge in [-0.3, -0.25) is 4.68 Å². The van der Waals surface area contributed by atoms with Gasteiger partial charge in [-0.1, -0.05) is 0 Å². The number of esters is 1. The van der Waals surface area contributed by atoms with Crippen molar-refractivity contribution >= 4 is 39.6 Å². The number of ether oxygens (including phenoxy) is 1. The first-order valence-electron chi connectivity index (χ1n) is 9.87. The summed E-state index contributed by atoms with van der Waals surface area (Å²) in [7, 11) is 0. The number of nitrogens with one attached hydrogen (secondary N) is 2. The Morgan fingerprint density at radius 1 is 1.39 bits per heavy atom. The first-order valence-corrected chi connectivity index (χ1v) is 11.1. The second-order valence-electron chi connectivity index (χ2n) is 6.96. The van der Waals surface area contributed by atoms with E-state index in [9.17, 15) is 4.79 Å². The zero-order valence-electron chi connectivity index (χ0n) is 16.9. The zero-order valence-corrected chi connectivity index (χ0v) is 18.6. The van der Waals surface area contributed by atoms with Gasteiger partial charge in [0.15, 0.2) is 5.11 Å². The van der Waals surface area contributed by atoms with E-state index >= 15 is 0 Å². The van der Waals surface area contributed by atoms with Gasteiger partial charge in [-0.15, -0.1) is 11.3 Å². The maximum absolute atomic E-state index is 12.6. The Labute approximate surface area is 175 Å². The van der Waals surface area contributed by atoms with Crippen molar-refractivity contribution in [2.24, 2.45) is 0 Å². The van der Waals surface area contributed by atoms with E-state index < -0.39 is 0 Å². The summed E-state index contributed by atoms with van der Waals surface area (Å²) in [6.07, 6.45) is 6.09. The Kier molecular flexibility index (Phi) is 6.72. The third-order valence-corrected chi connectivity index (χ3v) is 6.56. The summed E-state index contributed by atoms with van der Waals surface area (Å²) in [5.74, 6) is -0.264. The zero-order chi connectivity index (χ0) is 20.3.